The highest BCUT2D eigenvalue weighted by molar-refractivity contribution is 5.84. The minimum absolute atomic E-state index is 0.128. The first-order chi connectivity index (χ1) is 7.60. The Bertz CT molecular complexity index is 288. The summed E-state index contributed by atoms with van der Waals surface area (Å²) in [5.74, 6) is -0.596. The highest BCUT2D eigenvalue weighted by atomic mass is 16.4. The Labute approximate surface area is 95.9 Å². The number of likely N-dealkylation sites (tertiary alicyclic amines) is 1. The number of rotatable bonds is 4. The molecule has 0 saturated carbocycles. The van der Waals surface area contributed by atoms with Crippen molar-refractivity contribution in [3.8, 4) is 0 Å². The molecule has 0 aromatic carbocycles. The first kappa shape index (κ1) is 12.7. The minimum Gasteiger partial charge on any atom is -0.480 e. The zero-order chi connectivity index (χ0) is 12.1. The molecule has 0 bridgehead atoms. The molecule has 2 unspecified atom stereocenters. The predicted octanol–water partition coefficient (Wildman–Crippen LogP) is 1.66. The summed E-state index contributed by atoms with van der Waals surface area (Å²) in [7, 11) is 0. The van der Waals surface area contributed by atoms with Crippen molar-refractivity contribution in [1.29, 1.82) is 0 Å². The molecule has 4 nitrogen and oxygen atoms in total. The van der Waals surface area contributed by atoms with Gasteiger partial charge in [-0.2, -0.15) is 0 Å². The van der Waals surface area contributed by atoms with E-state index in [1.807, 2.05) is 0 Å². The molecule has 0 aromatic heterocycles. The zero-order valence-electron chi connectivity index (χ0n) is 9.69. The largest absolute Gasteiger partial charge is 0.480 e. The first-order valence-electron chi connectivity index (χ1n) is 5.73. The number of carbonyl (C=O) groups is 2. The quantitative estimate of drug-likeness (QED) is 0.740. The summed E-state index contributed by atoms with van der Waals surface area (Å²) >= 11 is 0. The van der Waals surface area contributed by atoms with E-state index >= 15 is 0 Å². The fourth-order valence-corrected chi connectivity index (χ4v) is 2.18. The second-order valence-electron chi connectivity index (χ2n) is 4.23. The van der Waals surface area contributed by atoms with Crippen molar-refractivity contribution in [2.24, 2.45) is 5.92 Å². The van der Waals surface area contributed by atoms with Gasteiger partial charge >= 0.3 is 5.97 Å². The molecule has 0 aliphatic carbocycles. The minimum atomic E-state index is -0.893. The van der Waals surface area contributed by atoms with Crippen LogP contribution in [0.3, 0.4) is 0 Å². The number of carboxylic acids is 1. The van der Waals surface area contributed by atoms with Crippen molar-refractivity contribution >= 4 is 11.9 Å². The second-order valence-corrected chi connectivity index (χ2v) is 4.23. The Hall–Kier alpha value is -1.32. The van der Waals surface area contributed by atoms with Crippen molar-refractivity contribution in [2.75, 3.05) is 6.54 Å². The number of nitrogens with zero attached hydrogens (tertiary/aromatic N) is 1. The molecule has 0 aromatic rings. The summed E-state index contributed by atoms with van der Waals surface area (Å²) < 4.78 is 0. The number of piperidine rings is 1. The molecular formula is C12H19NO3. The topological polar surface area (TPSA) is 57.6 Å². The van der Waals surface area contributed by atoms with Crippen LogP contribution in [0.25, 0.3) is 0 Å². The lowest BCUT2D eigenvalue weighted by Crippen LogP contribution is -2.49. The molecule has 90 valence electrons. The number of aliphatic carboxylic acids is 1. The smallest absolute Gasteiger partial charge is 0.326 e. The highest BCUT2D eigenvalue weighted by Crippen LogP contribution is 2.26. The van der Waals surface area contributed by atoms with Gasteiger partial charge in [-0.25, -0.2) is 4.79 Å². The lowest BCUT2D eigenvalue weighted by molar-refractivity contribution is -0.152. The molecule has 2 atom stereocenters. The van der Waals surface area contributed by atoms with Crippen LogP contribution in [0.1, 0.15) is 32.6 Å². The number of carbonyl (C=O) groups excluding carboxylic acids is 1. The van der Waals surface area contributed by atoms with E-state index in [4.69, 9.17) is 5.11 Å². The Kier molecular flexibility index (Phi) is 4.52. The van der Waals surface area contributed by atoms with Crippen LogP contribution in [0.2, 0.25) is 0 Å². The summed E-state index contributed by atoms with van der Waals surface area (Å²) in [6.45, 7) is 6.12. The first-order valence-corrected chi connectivity index (χ1v) is 5.73. The normalized spacial score (nSPS) is 25.2. The molecule has 1 amide bonds. The maximum Gasteiger partial charge on any atom is 0.326 e. The van der Waals surface area contributed by atoms with Gasteiger partial charge in [0.05, 0.1) is 0 Å². The summed E-state index contributed by atoms with van der Waals surface area (Å²) in [5.41, 5.74) is 0. The predicted molar refractivity (Wildman–Crippen MR) is 61.0 cm³/mol. The van der Waals surface area contributed by atoms with Gasteiger partial charge in [-0.1, -0.05) is 19.4 Å². The number of hydrogen-bond acceptors (Lipinski definition) is 2. The second kappa shape index (κ2) is 5.68. The summed E-state index contributed by atoms with van der Waals surface area (Å²) in [5, 5.41) is 9.12. The van der Waals surface area contributed by atoms with Gasteiger partial charge in [-0.3, -0.25) is 4.79 Å². The van der Waals surface area contributed by atoms with Crippen LogP contribution in [0.4, 0.5) is 0 Å². The summed E-state index contributed by atoms with van der Waals surface area (Å²) in [6, 6.07) is -0.647. The van der Waals surface area contributed by atoms with Gasteiger partial charge < -0.3 is 10.0 Å². The zero-order valence-corrected chi connectivity index (χ0v) is 9.69. The fourth-order valence-electron chi connectivity index (χ4n) is 2.18. The van der Waals surface area contributed by atoms with Crippen LogP contribution in [-0.4, -0.2) is 34.5 Å². The standard InChI is InChI=1S/C12H19NO3/c1-3-5-11(14)13-7-6-9(4-2)8-10(13)12(15)16/h3,9-10H,1,4-8H2,2H3,(H,15,16). The van der Waals surface area contributed by atoms with Gasteiger partial charge in [0.25, 0.3) is 0 Å². The summed E-state index contributed by atoms with van der Waals surface area (Å²) in [6.07, 6.45) is 4.21. The molecule has 1 saturated heterocycles. The number of carboxylic acid groups (broad SMARTS) is 1. The molecule has 1 aliphatic heterocycles. The van der Waals surface area contributed by atoms with Gasteiger partial charge in [0, 0.05) is 13.0 Å². The molecule has 0 radical (unpaired) electrons. The Morgan fingerprint density at radius 3 is 2.75 bits per heavy atom. The molecule has 16 heavy (non-hydrogen) atoms. The third-order valence-electron chi connectivity index (χ3n) is 3.21. The molecule has 1 heterocycles. The number of amides is 1. The van der Waals surface area contributed by atoms with Crippen molar-refractivity contribution in [3.05, 3.63) is 12.7 Å². The molecular weight excluding hydrogens is 206 g/mol. The lowest BCUT2D eigenvalue weighted by atomic mass is 9.88. The molecule has 4 heteroatoms. The third kappa shape index (κ3) is 2.84. The third-order valence-corrected chi connectivity index (χ3v) is 3.21. The van der Waals surface area contributed by atoms with Crippen LogP contribution < -0.4 is 0 Å². The Balaban J connectivity index is 2.72. The SMILES string of the molecule is C=CCC(=O)N1CCC(CC)CC1C(=O)O. The molecule has 1 N–H and O–H groups in total. The highest BCUT2D eigenvalue weighted by Gasteiger charge is 2.34. The van der Waals surface area contributed by atoms with Crippen LogP contribution in [0.5, 0.6) is 0 Å². The maximum absolute atomic E-state index is 11.7. The monoisotopic (exact) mass is 225 g/mol. The fraction of sp³-hybridized carbons (Fsp3) is 0.667. The van der Waals surface area contributed by atoms with Crippen LogP contribution in [0.15, 0.2) is 12.7 Å². The average molecular weight is 225 g/mol. The molecule has 0 spiro atoms. The summed E-state index contributed by atoms with van der Waals surface area (Å²) in [4.78, 5) is 24.3. The van der Waals surface area contributed by atoms with Crippen LogP contribution in [-0.2, 0) is 9.59 Å². The van der Waals surface area contributed by atoms with Crippen molar-refractivity contribution < 1.29 is 14.7 Å². The van der Waals surface area contributed by atoms with Crippen molar-refractivity contribution in [2.45, 2.75) is 38.6 Å². The van der Waals surface area contributed by atoms with E-state index in [2.05, 4.69) is 13.5 Å². The van der Waals surface area contributed by atoms with E-state index in [9.17, 15) is 9.59 Å². The van der Waals surface area contributed by atoms with Crippen molar-refractivity contribution in [3.63, 3.8) is 0 Å². The Morgan fingerprint density at radius 1 is 1.56 bits per heavy atom. The average Bonchev–Trinajstić information content (AvgIpc) is 2.28. The van der Waals surface area contributed by atoms with Gasteiger partial charge in [0.15, 0.2) is 0 Å². The van der Waals surface area contributed by atoms with E-state index < -0.39 is 12.0 Å². The Morgan fingerprint density at radius 2 is 2.25 bits per heavy atom. The van der Waals surface area contributed by atoms with Gasteiger partial charge in [-0.05, 0) is 18.8 Å². The number of hydrogen-bond donors (Lipinski definition) is 1. The lowest BCUT2D eigenvalue weighted by Gasteiger charge is -2.36. The molecule has 1 rings (SSSR count). The van der Waals surface area contributed by atoms with E-state index in [0.717, 1.165) is 12.8 Å². The van der Waals surface area contributed by atoms with Gasteiger partial charge in [-0.15, -0.1) is 6.58 Å². The molecule has 1 aliphatic rings. The van der Waals surface area contributed by atoms with E-state index in [-0.39, 0.29) is 12.3 Å². The molecule has 1 fully saturated rings. The van der Waals surface area contributed by atoms with Gasteiger partial charge in [0.2, 0.25) is 5.91 Å². The van der Waals surface area contributed by atoms with Gasteiger partial charge in [0.1, 0.15) is 6.04 Å². The maximum atomic E-state index is 11.7. The van der Waals surface area contributed by atoms with E-state index in [0.29, 0.717) is 18.9 Å². The van der Waals surface area contributed by atoms with E-state index in [1.165, 1.54) is 11.0 Å². The van der Waals surface area contributed by atoms with Crippen molar-refractivity contribution in [1.82, 2.24) is 4.90 Å². The van der Waals surface area contributed by atoms with Crippen LogP contribution >= 0.6 is 0 Å². The van der Waals surface area contributed by atoms with Crippen LogP contribution in [0, 0.1) is 5.92 Å². The van der Waals surface area contributed by atoms with E-state index in [1.54, 1.807) is 0 Å².